The van der Waals surface area contributed by atoms with Crippen LogP contribution in [0.3, 0.4) is 0 Å². The number of aryl methyl sites for hydroxylation is 1. The standard InChI is InChI=1S/C47H70N6O6S2/c1-30(54)58-37-13-10-34-24-35(43(57)44-39(34)16-11-33-5-4-6-40(33)59-44)28-53-29-46(27-42(53)56,26-32-17-21-50-41(48)23-32)20-22-51-45(49)52-47(18-2-3-19-47)61-60-38-14-8-31(9-15-38)7-12-36(55)25-37/h17,23-24,31,33,36-38,40,50,55,57H,2-16,18-22,25-29,48H2,1H3,(H3,49,51,52). The molecule has 336 valence electrons. The van der Waals surface area contributed by atoms with Crippen molar-refractivity contribution in [2.75, 3.05) is 19.6 Å². The van der Waals surface area contributed by atoms with Crippen LogP contribution < -0.4 is 26.8 Å². The average Bonchev–Trinajstić information content (AvgIpc) is 3.92. The third kappa shape index (κ3) is 11.1. The fraction of sp³-hybridized carbons (Fsp3) is 0.723. The quantitative estimate of drug-likeness (QED) is 0.132. The largest absolute Gasteiger partial charge is 0.504 e. The van der Waals surface area contributed by atoms with Gasteiger partial charge < -0.3 is 46.7 Å². The van der Waals surface area contributed by atoms with Gasteiger partial charge in [0.1, 0.15) is 12.2 Å². The van der Waals surface area contributed by atoms with Crippen LogP contribution in [0.25, 0.3) is 0 Å². The number of nitrogens with two attached hydrogens (primary N) is 2. The van der Waals surface area contributed by atoms with Gasteiger partial charge in [-0.15, -0.1) is 0 Å². The number of aliphatic hydroxyl groups excluding tert-OH is 1. The minimum Gasteiger partial charge on any atom is -0.504 e. The fourth-order valence-corrected chi connectivity index (χ4v) is 15.1. The summed E-state index contributed by atoms with van der Waals surface area (Å²) in [4.78, 5) is 33.3. The van der Waals surface area contributed by atoms with Crippen LogP contribution in [0, 0.1) is 17.3 Å². The fourth-order valence-electron chi connectivity index (χ4n) is 11.5. The molecule has 5 heterocycles. The molecule has 5 unspecified atom stereocenters. The maximum atomic E-state index is 14.2. The van der Waals surface area contributed by atoms with Crippen molar-refractivity contribution in [3.8, 4) is 11.5 Å². The number of dihydropyridines is 1. The topological polar surface area (TPSA) is 185 Å². The molecule has 3 aliphatic carbocycles. The van der Waals surface area contributed by atoms with Crippen molar-refractivity contribution in [3.05, 3.63) is 46.3 Å². The van der Waals surface area contributed by atoms with Crippen molar-refractivity contribution >= 4 is 39.4 Å². The summed E-state index contributed by atoms with van der Waals surface area (Å²) < 4.78 is 12.6. The Morgan fingerprint density at radius 2 is 1.82 bits per heavy atom. The molecule has 8 N–H and O–H groups in total. The Labute approximate surface area is 370 Å². The second-order valence-corrected chi connectivity index (χ2v) is 22.4. The maximum absolute atomic E-state index is 14.2. The number of aromatic hydroxyl groups is 1. The average molecular weight is 879 g/mol. The van der Waals surface area contributed by atoms with Gasteiger partial charge in [-0.1, -0.05) is 40.5 Å². The summed E-state index contributed by atoms with van der Waals surface area (Å²) in [6, 6.07) is 2.07. The Kier molecular flexibility index (Phi) is 14.3. The molecular weight excluding hydrogens is 809 g/mol. The predicted octanol–water partition coefficient (Wildman–Crippen LogP) is 7.24. The number of hydrogen-bond acceptors (Lipinski definition) is 13. The molecule has 6 bridgehead atoms. The van der Waals surface area contributed by atoms with Crippen LogP contribution in [0.15, 0.2) is 34.6 Å². The van der Waals surface area contributed by atoms with Crippen LogP contribution in [0.1, 0.15) is 146 Å². The molecule has 8 aliphatic rings. The number of phenols is 1. The molecule has 4 fully saturated rings. The molecule has 0 radical (unpaired) electrons. The Balaban J connectivity index is 1.10. The van der Waals surface area contributed by atoms with Crippen LogP contribution >= 0.6 is 21.6 Å². The Hall–Kier alpha value is -3.23. The van der Waals surface area contributed by atoms with E-state index in [2.05, 4.69) is 22.8 Å². The van der Waals surface area contributed by atoms with E-state index in [-0.39, 0.29) is 35.1 Å². The number of nitrogens with one attached hydrogen (secondary N) is 2. The summed E-state index contributed by atoms with van der Waals surface area (Å²) in [5, 5.41) is 30.9. The lowest BCUT2D eigenvalue weighted by Crippen LogP contribution is -2.47. The monoisotopic (exact) mass is 878 g/mol. The summed E-state index contributed by atoms with van der Waals surface area (Å²) >= 11 is 0. The number of carbonyl (C=O) groups is 2. The number of aliphatic hydroxyl groups is 1. The van der Waals surface area contributed by atoms with Crippen molar-refractivity contribution in [2.24, 2.45) is 33.7 Å². The molecule has 1 saturated heterocycles. The van der Waals surface area contributed by atoms with E-state index >= 15 is 0 Å². The maximum Gasteiger partial charge on any atom is 0.302 e. The van der Waals surface area contributed by atoms with E-state index in [0.29, 0.717) is 105 Å². The smallest absolute Gasteiger partial charge is 0.302 e. The van der Waals surface area contributed by atoms with Crippen molar-refractivity contribution in [2.45, 2.75) is 177 Å². The summed E-state index contributed by atoms with van der Waals surface area (Å²) in [7, 11) is 3.97. The molecule has 0 aromatic heterocycles. The van der Waals surface area contributed by atoms with Crippen LogP contribution in [0.5, 0.6) is 11.5 Å². The number of esters is 1. The van der Waals surface area contributed by atoms with Crippen LogP contribution in [0.4, 0.5) is 0 Å². The molecule has 3 saturated carbocycles. The predicted molar refractivity (Wildman–Crippen MR) is 244 cm³/mol. The number of hydrogen-bond donors (Lipinski definition) is 6. The van der Waals surface area contributed by atoms with Crippen molar-refractivity contribution < 1.29 is 29.3 Å². The summed E-state index contributed by atoms with van der Waals surface area (Å²) in [6.45, 7) is 3.34. The zero-order valence-electron chi connectivity index (χ0n) is 36.3. The molecular formula is C47H70N6O6S2. The molecule has 61 heavy (non-hydrogen) atoms. The first-order valence-electron chi connectivity index (χ1n) is 23.4. The van der Waals surface area contributed by atoms with Crippen LogP contribution in [-0.2, 0) is 33.7 Å². The number of phenolic OH excluding ortho intramolecular Hbond substituents is 1. The first kappa shape index (κ1) is 44.4. The lowest BCUT2D eigenvalue weighted by Gasteiger charge is -2.34. The van der Waals surface area contributed by atoms with E-state index in [1.807, 2.05) is 32.6 Å². The van der Waals surface area contributed by atoms with Gasteiger partial charge in [-0.2, -0.15) is 0 Å². The van der Waals surface area contributed by atoms with Gasteiger partial charge in [-0.05, 0) is 144 Å². The van der Waals surface area contributed by atoms with Crippen molar-refractivity contribution in [1.82, 2.24) is 15.5 Å². The van der Waals surface area contributed by atoms with Crippen LogP contribution in [-0.4, -0.2) is 81.0 Å². The zero-order chi connectivity index (χ0) is 42.6. The lowest BCUT2D eigenvalue weighted by molar-refractivity contribution is -0.148. The molecule has 5 aliphatic heterocycles. The zero-order valence-corrected chi connectivity index (χ0v) is 37.9. The summed E-state index contributed by atoms with van der Waals surface area (Å²) in [6.07, 6.45) is 22.2. The minimum absolute atomic E-state index is 0.0444. The van der Waals surface area contributed by atoms with Gasteiger partial charge in [-0.25, -0.2) is 0 Å². The van der Waals surface area contributed by atoms with Gasteiger partial charge in [0.25, 0.3) is 0 Å². The number of guanidine groups is 1. The Morgan fingerprint density at radius 3 is 2.61 bits per heavy atom. The SMILES string of the molecule is CC(=O)OC1CCc2cc(c(O)c3c2CCC2CCCC2O3)CN2CC(CC3=CCNC(N)=C3)(CCN=C(N)NC3(CCCC3)SSC3CCC(CCC(O)C1)CC3)CC2=O. The highest BCUT2D eigenvalue weighted by Crippen LogP contribution is 2.51. The van der Waals surface area contributed by atoms with Crippen LogP contribution in [0.2, 0.25) is 0 Å². The van der Waals surface area contributed by atoms with Crippen molar-refractivity contribution in [3.63, 3.8) is 0 Å². The first-order chi connectivity index (χ1) is 29.4. The van der Waals surface area contributed by atoms with E-state index in [4.69, 9.17) is 25.9 Å². The first-order valence-corrected chi connectivity index (χ1v) is 25.6. The number of ether oxygens (including phenoxy) is 2. The number of amides is 1. The van der Waals surface area contributed by atoms with E-state index in [9.17, 15) is 19.8 Å². The number of rotatable bonds is 3. The van der Waals surface area contributed by atoms with Gasteiger partial charge in [0.05, 0.1) is 16.8 Å². The van der Waals surface area contributed by atoms with E-state index < -0.39 is 17.6 Å². The molecule has 1 aromatic carbocycles. The number of benzene rings is 1. The Morgan fingerprint density at radius 1 is 1.02 bits per heavy atom. The second kappa shape index (κ2) is 19.7. The van der Waals surface area contributed by atoms with Gasteiger partial charge in [-0.3, -0.25) is 14.6 Å². The molecule has 1 spiro atoms. The van der Waals surface area contributed by atoms with Gasteiger partial charge >= 0.3 is 5.97 Å². The minimum atomic E-state index is -0.560. The third-order valence-corrected chi connectivity index (χ3v) is 18.6. The number of carbonyl (C=O) groups excluding carboxylic acids is 2. The summed E-state index contributed by atoms with van der Waals surface area (Å²) in [5.41, 5.74) is 16.4. The third-order valence-electron chi connectivity index (χ3n) is 14.9. The van der Waals surface area contributed by atoms with E-state index in [1.165, 1.54) is 19.8 Å². The van der Waals surface area contributed by atoms with E-state index in [0.717, 1.165) is 93.7 Å². The van der Waals surface area contributed by atoms with Gasteiger partial charge in [0.15, 0.2) is 17.5 Å². The van der Waals surface area contributed by atoms with E-state index in [1.54, 1.807) is 0 Å². The second-order valence-electron chi connectivity index (χ2n) is 19.5. The highest BCUT2D eigenvalue weighted by atomic mass is 33.1. The number of allylic oxidation sites excluding steroid dienone is 2. The molecule has 1 aromatic rings. The van der Waals surface area contributed by atoms with Crippen molar-refractivity contribution in [1.29, 1.82) is 0 Å². The van der Waals surface area contributed by atoms with Gasteiger partial charge in [0, 0.05) is 67.7 Å². The normalized spacial score (nSPS) is 32.6. The summed E-state index contributed by atoms with van der Waals surface area (Å²) in [5.74, 6) is 2.52. The number of fused-ring (bicyclic) bond motifs is 14. The molecule has 9 rings (SSSR count). The molecule has 5 atom stereocenters. The number of nitrogens with zero attached hydrogens (tertiary/aromatic N) is 2. The molecule has 1 amide bonds. The Bertz CT molecular complexity index is 1840. The number of aliphatic imine (C=N–C) groups is 1. The molecule has 14 heteroatoms. The van der Waals surface area contributed by atoms with Gasteiger partial charge in [0.2, 0.25) is 5.91 Å². The highest BCUT2D eigenvalue weighted by molar-refractivity contribution is 8.77. The molecule has 12 nitrogen and oxygen atoms in total. The lowest BCUT2D eigenvalue weighted by atomic mass is 9.77. The highest BCUT2D eigenvalue weighted by Gasteiger charge is 2.44.